The van der Waals surface area contributed by atoms with Crippen molar-refractivity contribution in [2.75, 3.05) is 38.3 Å². The van der Waals surface area contributed by atoms with E-state index in [2.05, 4.69) is 25.4 Å². The van der Waals surface area contributed by atoms with Gasteiger partial charge in [0.15, 0.2) is 11.5 Å². The van der Waals surface area contributed by atoms with Crippen molar-refractivity contribution in [2.45, 2.75) is 24.9 Å². The zero-order valence-electron chi connectivity index (χ0n) is 16.8. The number of urea groups is 1. The molecule has 5 heterocycles. The average molecular weight is 408 g/mol. The Morgan fingerprint density at radius 2 is 2.03 bits per heavy atom. The normalized spacial score (nSPS) is 17.7. The van der Waals surface area contributed by atoms with Crippen molar-refractivity contribution >= 4 is 17.5 Å². The van der Waals surface area contributed by atoms with Crippen molar-refractivity contribution in [3.05, 3.63) is 36.7 Å². The van der Waals surface area contributed by atoms with Gasteiger partial charge in [-0.1, -0.05) is 0 Å². The number of amides is 2. The third-order valence-corrected chi connectivity index (χ3v) is 5.77. The van der Waals surface area contributed by atoms with E-state index in [1.54, 1.807) is 21.8 Å². The van der Waals surface area contributed by atoms with Gasteiger partial charge >= 0.3 is 6.03 Å². The van der Waals surface area contributed by atoms with Crippen LogP contribution in [0.4, 0.5) is 10.6 Å². The summed E-state index contributed by atoms with van der Waals surface area (Å²) in [5.74, 6) is 1.49. The van der Waals surface area contributed by atoms with Gasteiger partial charge in [-0.05, 0) is 37.1 Å². The second-order valence-corrected chi connectivity index (χ2v) is 7.73. The fourth-order valence-corrected chi connectivity index (χ4v) is 3.79. The molecule has 0 radical (unpaired) electrons. The van der Waals surface area contributed by atoms with E-state index in [1.165, 1.54) is 0 Å². The number of likely N-dealkylation sites (N-methyl/N-ethyl adjacent to an activating group) is 1. The Morgan fingerprint density at radius 1 is 1.20 bits per heavy atom. The number of carbonyl (C=O) groups is 1. The molecule has 10 heteroatoms. The van der Waals surface area contributed by atoms with Gasteiger partial charge in [-0.15, -0.1) is 15.3 Å². The molecular formula is C20H24N8O2. The minimum atomic E-state index is -0.0207. The van der Waals surface area contributed by atoms with Crippen molar-refractivity contribution in [2.24, 2.45) is 0 Å². The van der Waals surface area contributed by atoms with E-state index in [4.69, 9.17) is 9.84 Å². The van der Waals surface area contributed by atoms with Crippen LogP contribution in [-0.4, -0.2) is 81.2 Å². The summed E-state index contributed by atoms with van der Waals surface area (Å²) in [6.07, 6.45) is 5.22. The molecule has 3 aromatic heterocycles. The molecule has 2 aliphatic heterocycles. The number of carbonyl (C=O) groups excluding carboxylic acids is 1. The molecule has 2 fully saturated rings. The lowest BCUT2D eigenvalue weighted by Crippen LogP contribution is -2.62. The molecule has 0 spiro atoms. The highest BCUT2D eigenvalue weighted by Crippen LogP contribution is 2.23. The molecule has 1 N–H and O–H groups in total. The first-order chi connectivity index (χ1) is 14.7. The summed E-state index contributed by atoms with van der Waals surface area (Å²) in [4.78, 5) is 20.6. The molecule has 0 aromatic carbocycles. The number of ether oxygens (including phenoxy) is 1. The second-order valence-electron chi connectivity index (χ2n) is 7.73. The van der Waals surface area contributed by atoms with E-state index < -0.39 is 0 Å². The fourth-order valence-electron chi connectivity index (χ4n) is 3.79. The summed E-state index contributed by atoms with van der Waals surface area (Å²) >= 11 is 0. The van der Waals surface area contributed by atoms with Crippen LogP contribution in [0.25, 0.3) is 17.0 Å². The van der Waals surface area contributed by atoms with Crippen LogP contribution in [0, 0.1) is 0 Å². The lowest BCUT2D eigenvalue weighted by molar-refractivity contribution is 0.0773. The lowest BCUT2D eigenvalue weighted by Gasteiger charge is -2.44. The van der Waals surface area contributed by atoms with Gasteiger partial charge in [0.2, 0.25) is 0 Å². The monoisotopic (exact) mass is 408 g/mol. The van der Waals surface area contributed by atoms with E-state index in [9.17, 15) is 4.79 Å². The van der Waals surface area contributed by atoms with Gasteiger partial charge in [0, 0.05) is 57.3 Å². The molecule has 0 unspecified atom stereocenters. The van der Waals surface area contributed by atoms with E-state index in [1.807, 2.05) is 31.3 Å². The molecule has 2 amide bonds. The van der Waals surface area contributed by atoms with E-state index in [-0.39, 0.29) is 18.1 Å². The van der Waals surface area contributed by atoms with Crippen LogP contribution >= 0.6 is 0 Å². The van der Waals surface area contributed by atoms with Crippen LogP contribution in [0.3, 0.4) is 0 Å². The zero-order chi connectivity index (χ0) is 20.5. The van der Waals surface area contributed by atoms with Gasteiger partial charge in [0.05, 0.1) is 6.04 Å². The Labute approximate surface area is 173 Å². The topological polar surface area (TPSA) is 101 Å². The molecule has 3 aromatic rings. The molecule has 0 bridgehead atoms. The van der Waals surface area contributed by atoms with Crippen molar-refractivity contribution in [3.63, 3.8) is 0 Å². The fraction of sp³-hybridized carbons (Fsp3) is 0.450. The highest BCUT2D eigenvalue weighted by molar-refractivity contribution is 5.75. The number of pyridine rings is 1. The van der Waals surface area contributed by atoms with Crippen LogP contribution in [0.1, 0.15) is 12.8 Å². The summed E-state index contributed by atoms with van der Waals surface area (Å²) < 4.78 is 7.09. The molecule has 30 heavy (non-hydrogen) atoms. The van der Waals surface area contributed by atoms with Crippen LogP contribution in [-0.2, 0) is 4.74 Å². The van der Waals surface area contributed by atoms with E-state index in [0.29, 0.717) is 24.7 Å². The maximum Gasteiger partial charge on any atom is 0.317 e. The Hall–Kier alpha value is -3.27. The highest BCUT2D eigenvalue weighted by Gasteiger charge is 2.34. The molecule has 0 atom stereocenters. The van der Waals surface area contributed by atoms with Crippen molar-refractivity contribution in [1.82, 2.24) is 35.0 Å². The molecule has 2 aliphatic rings. The van der Waals surface area contributed by atoms with Crippen molar-refractivity contribution < 1.29 is 9.53 Å². The first-order valence-corrected chi connectivity index (χ1v) is 10.2. The number of rotatable bonds is 4. The number of hydrogen-bond donors (Lipinski definition) is 1. The minimum Gasteiger partial charge on any atom is -0.381 e. The first kappa shape index (κ1) is 18.7. The summed E-state index contributed by atoms with van der Waals surface area (Å²) in [6.45, 7) is 2.90. The molecule has 0 aliphatic carbocycles. The molecule has 0 saturated carbocycles. The molecule has 5 rings (SSSR count). The molecule has 156 valence electrons. The number of aromatic nitrogens is 5. The maximum absolute atomic E-state index is 12.5. The van der Waals surface area contributed by atoms with Crippen LogP contribution in [0.2, 0.25) is 0 Å². The SMILES string of the molecule is CN(C(=O)NC1CCOCC1)C1CN(c2ccc3nnc(-c4cccnc4)n3n2)C1. The number of nitrogens with one attached hydrogen (secondary N) is 1. The lowest BCUT2D eigenvalue weighted by atomic mass is 10.1. The van der Waals surface area contributed by atoms with Gasteiger partial charge in [-0.3, -0.25) is 4.98 Å². The average Bonchev–Trinajstić information content (AvgIpc) is 3.17. The number of fused-ring (bicyclic) bond motifs is 1. The van der Waals surface area contributed by atoms with Gasteiger partial charge in [0.25, 0.3) is 0 Å². The molecule has 10 nitrogen and oxygen atoms in total. The van der Waals surface area contributed by atoms with Crippen molar-refractivity contribution in [1.29, 1.82) is 0 Å². The summed E-state index contributed by atoms with van der Waals surface area (Å²) in [5.41, 5.74) is 1.54. The zero-order valence-corrected chi connectivity index (χ0v) is 16.8. The van der Waals surface area contributed by atoms with Gasteiger partial charge in [0.1, 0.15) is 5.82 Å². The van der Waals surface area contributed by atoms with Crippen LogP contribution in [0.15, 0.2) is 36.7 Å². The quantitative estimate of drug-likeness (QED) is 0.692. The first-order valence-electron chi connectivity index (χ1n) is 10.2. The predicted octanol–water partition coefficient (Wildman–Crippen LogP) is 1.20. The summed E-state index contributed by atoms with van der Waals surface area (Å²) in [5, 5.41) is 16.3. The van der Waals surface area contributed by atoms with Crippen LogP contribution < -0.4 is 10.2 Å². The standard InChI is InChI=1S/C20H24N8O2/c1-26(20(29)22-15-6-9-30-10-7-15)16-12-27(13-16)18-5-4-17-23-24-19(28(17)25-18)14-3-2-8-21-11-14/h2-5,8,11,15-16H,6-7,9-10,12-13H2,1H3,(H,22,29). The minimum absolute atomic E-state index is 0.0207. The predicted molar refractivity (Wildman–Crippen MR) is 110 cm³/mol. The Kier molecular flexibility index (Phi) is 4.91. The number of anilines is 1. The second kappa shape index (κ2) is 7.86. The highest BCUT2D eigenvalue weighted by atomic mass is 16.5. The van der Waals surface area contributed by atoms with Gasteiger partial charge in [-0.25, -0.2) is 4.79 Å². The Bertz CT molecular complexity index is 1030. The third kappa shape index (κ3) is 3.54. The van der Waals surface area contributed by atoms with E-state index >= 15 is 0 Å². The number of hydrogen-bond acceptors (Lipinski definition) is 7. The van der Waals surface area contributed by atoms with Gasteiger partial charge < -0.3 is 19.9 Å². The largest absolute Gasteiger partial charge is 0.381 e. The Balaban J connectivity index is 1.25. The van der Waals surface area contributed by atoms with E-state index in [0.717, 1.165) is 37.3 Å². The molecular weight excluding hydrogens is 384 g/mol. The number of nitrogens with zero attached hydrogens (tertiary/aromatic N) is 7. The Morgan fingerprint density at radius 3 is 2.80 bits per heavy atom. The van der Waals surface area contributed by atoms with Crippen LogP contribution in [0.5, 0.6) is 0 Å². The summed E-state index contributed by atoms with van der Waals surface area (Å²) in [6, 6.07) is 7.98. The van der Waals surface area contributed by atoms with Gasteiger partial charge in [-0.2, -0.15) is 4.52 Å². The smallest absolute Gasteiger partial charge is 0.317 e. The summed E-state index contributed by atoms with van der Waals surface area (Å²) in [7, 11) is 1.85. The third-order valence-electron chi connectivity index (χ3n) is 5.77. The maximum atomic E-state index is 12.5. The molecule has 2 saturated heterocycles. The van der Waals surface area contributed by atoms with Crippen molar-refractivity contribution in [3.8, 4) is 11.4 Å².